The van der Waals surface area contributed by atoms with Crippen molar-refractivity contribution >= 4 is 17.6 Å². The lowest BCUT2D eigenvalue weighted by Gasteiger charge is -2.30. The molecule has 0 bridgehead atoms. The minimum absolute atomic E-state index is 0.0386. The average molecular weight is 602 g/mol. The molecule has 2 heterocycles. The Morgan fingerprint density at radius 2 is 1.80 bits per heavy atom. The first-order valence-corrected chi connectivity index (χ1v) is 15.6. The van der Waals surface area contributed by atoms with Gasteiger partial charge in [0, 0.05) is 37.3 Å². The molecular weight excluding hydrogens is 558 g/mol. The van der Waals surface area contributed by atoms with Crippen LogP contribution in [0.2, 0.25) is 0 Å². The summed E-state index contributed by atoms with van der Waals surface area (Å²) in [5.41, 5.74) is 10.5. The normalized spacial score (nSPS) is 19.3. The molecule has 0 radical (unpaired) electrons. The number of carbonyl (C=O) groups excluding carboxylic acids is 1. The zero-order valence-electron chi connectivity index (χ0n) is 25.4. The topological polar surface area (TPSA) is 126 Å². The van der Waals surface area contributed by atoms with Crippen LogP contribution in [0.1, 0.15) is 60.8 Å². The van der Waals surface area contributed by atoms with Crippen molar-refractivity contribution in [2.75, 3.05) is 31.3 Å². The van der Waals surface area contributed by atoms with Crippen LogP contribution in [0.25, 0.3) is 0 Å². The van der Waals surface area contributed by atoms with Gasteiger partial charge in [0.15, 0.2) is 11.5 Å². The van der Waals surface area contributed by atoms with Crippen LogP contribution in [0, 0.1) is 5.92 Å². The molecule has 2 aliphatic heterocycles. The fraction of sp³-hybridized carbons (Fsp3) is 0.429. The van der Waals surface area contributed by atoms with Crippen LogP contribution in [0.15, 0.2) is 66.7 Å². The molecule has 0 saturated carbocycles. The summed E-state index contributed by atoms with van der Waals surface area (Å²) >= 11 is 0. The third kappa shape index (κ3) is 7.07. The van der Waals surface area contributed by atoms with Gasteiger partial charge >= 0.3 is 5.97 Å². The maximum Gasteiger partial charge on any atom is 0.308 e. The van der Waals surface area contributed by atoms with Crippen molar-refractivity contribution in [3.05, 3.63) is 89.0 Å². The van der Waals surface area contributed by atoms with Gasteiger partial charge in [-0.1, -0.05) is 55.8 Å². The molecule has 0 aliphatic carbocycles. The first-order valence-electron chi connectivity index (χ1n) is 15.6. The summed E-state index contributed by atoms with van der Waals surface area (Å²) in [6.45, 7) is 3.71. The number of hydrogen-bond donors (Lipinski definition) is 3. The van der Waals surface area contributed by atoms with Gasteiger partial charge in [0.1, 0.15) is 0 Å². The van der Waals surface area contributed by atoms with Crippen molar-refractivity contribution in [1.82, 2.24) is 4.90 Å². The number of rotatable bonds is 14. The van der Waals surface area contributed by atoms with E-state index in [1.165, 1.54) is 0 Å². The number of anilines is 1. The second-order valence-electron chi connectivity index (χ2n) is 11.7. The molecule has 234 valence electrons. The standard InChI is InChI=1S/C35H43N3O6/c1-2-3-16-38(28-12-6-8-24(17-28)19-36)33(40)21-37-20-29(26-14-15-31-32(18-26)44-23-43-31)34(35(41)42)30(37)13-7-11-25-9-4-5-10-27(25)22-39/h4-6,8-10,12,14-15,17-18,29-30,34,39H,2-3,7,11,13,16,19-23,36H2,1H3,(H,41,42)/t29-,30+,34-/m1/s1. The number of amides is 1. The van der Waals surface area contributed by atoms with Crippen molar-refractivity contribution in [2.24, 2.45) is 11.7 Å². The van der Waals surface area contributed by atoms with Gasteiger partial charge in [-0.15, -0.1) is 0 Å². The van der Waals surface area contributed by atoms with Crippen molar-refractivity contribution in [3.63, 3.8) is 0 Å². The molecule has 3 atom stereocenters. The summed E-state index contributed by atoms with van der Waals surface area (Å²) in [5, 5.41) is 20.4. The van der Waals surface area contributed by atoms with Crippen molar-refractivity contribution in [1.29, 1.82) is 0 Å². The lowest BCUT2D eigenvalue weighted by atomic mass is 9.83. The summed E-state index contributed by atoms with van der Waals surface area (Å²) in [5.74, 6) is -0.699. The number of fused-ring (bicyclic) bond motifs is 1. The molecule has 1 saturated heterocycles. The second kappa shape index (κ2) is 14.7. The highest BCUT2D eigenvalue weighted by molar-refractivity contribution is 5.95. The van der Waals surface area contributed by atoms with Gasteiger partial charge in [-0.05, 0) is 72.2 Å². The van der Waals surface area contributed by atoms with E-state index >= 15 is 0 Å². The van der Waals surface area contributed by atoms with E-state index in [2.05, 4.69) is 11.8 Å². The van der Waals surface area contributed by atoms with Crippen molar-refractivity contribution in [2.45, 2.75) is 64.1 Å². The number of aryl methyl sites for hydroxylation is 1. The summed E-state index contributed by atoms with van der Waals surface area (Å²) in [4.78, 5) is 30.9. The van der Waals surface area contributed by atoms with E-state index in [0.717, 1.165) is 47.2 Å². The number of carboxylic acids is 1. The van der Waals surface area contributed by atoms with Gasteiger partial charge in [-0.25, -0.2) is 0 Å². The van der Waals surface area contributed by atoms with Gasteiger partial charge in [0.25, 0.3) is 0 Å². The third-order valence-corrected chi connectivity index (χ3v) is 8.93. The van der Waals surface area contributed by atoms with Crippen LogP contribution in [0.3, 0.4) is 0 Å². The molecule has 1 amide bonds. The quantitative estimate of drug-likeness (QED) is 0.243. The van der Waals surface area contributed by atoms with Gasteiger partial charge in [0.05, 0.1) is 19.1 Å². The van der Waals surface area contributed by atoms with E-state index in [1.54, 1.807) is 0 Å². The van der Waals surface area contributed by atoms with Gasteiger partial charge in [-0.2, -0.15) is 0 Å². The van der Waals surface area contributed by atoms with Crippen LogP contribution < -0.4 is 20.1 Å². The Labute approximate surface area is 259 Å². The van der Waals surface area contributed by atoms with Crippen LogP contribution in [-0.2, 0) is 29.2 Å². The number of likely N-dealkylation sites (tertiary alicyclic amines) is 1. The number of carbonyl (C=O) groups is 2. The fourth-order valence-electron chi connectivity index (χ4n) is 6.62. The van der Waals surface area contributed by atoms with E-state index in [0.29, 0.717) is 44.0 Å². The van der Waals surface area contributed by atoms with Gasteiger partial charge in [-0.3, -0.25) is 14.5 Å². The maximum absolute atomic E-state index is 14.0. The highest BCUT2D eigenvalue weighted by atomic mass is 16.7. The predicted octanol–water partition coefficient (Wildman–Crippen LogP) is 4.69. The monoisotopic (exact) mass is 601 g/mol. The highest BCUT2D eigenvalue weighted by Crippen LogP contribution is 2.43. The van der Waals surface area contributed by atoms with E-state index in [4.69, 9.17) is 15.2 Å². The van der Waals surface area contributed by atoms with E-state index < -0.39 is 11.9 Å². The molecule has 9 heteroatoms. The molecule has 3 aromatic rings. The number of unbranched alkanes of at least 4 members (excludes halogenated alkanes) is 1. The Morgan fingerprint density at radius 3 is 2.55 bits per heavy atom. The molecule has 0 unspecified atom stereocenters. The van der Waals surface area contributed by atoms with E-state index in [1.807, 2.05) is 71.6 Å². The minimum atomic E-state index is -0.873. The second-order valence-corrected chi connectivity index (χ2v) is 11.7. The molecule has 0 aromatic heterocycles. The number of carboxylic acid groups (broad SMARTS) is 1. The largest absolute Gasteiger partial charge is 0.481 e. The molecule has 2 aliphatic rings. The Balaban J connectivity index is 1.42. The number of aliphatic hydroxyl groups excluding tert-OH is 1. The number of aliphatic hydroxyl groups is 1. The smallest absolute Gasteiger partial charge is 0.308 e. The molecular formula is C35H43N3O6. The molecule has 5 rings (SSSR count). The number of ether oxygens (including phenoxy) is 2. The molecule has 9 nitrogen and oxygen atoms in total. The summed E-state index contributed by atoms with van der Waals surface area (Å²) in [6, 6.07) is 20.8. The Hall–Kier alpha value is -3.92. The molecule has 3 aromatic carbocycles. The molecule has 44 heavy (non-hydrogen) atoms. The van der Waals surface area contributed by atoms with Crippen molar-refractivity contribution in [3.8, 4) is 11.5 Å². The van der Waals surface area contributed by atoms with Gasteiger partial charge in [0.2, 0.25) is 12.7 Å². The summed E-state index contributed by atoms with van der Waals surface area (Å²) < 4.78 is 11.1. The zero-order valence-corrected chi connectivity index (χ0v) is 25.4. The molecule has 1 fully saturated rings. The Morgan fingerprint density at radius 1 is 1.00 bits per heavy atom. The Kier molecular flexibility index (Phi) is 10.5. The summed E-state index contributed by atoms with van der Waals surface area (Å²) in [7, 11) is 0. The minimum Gasteiger partial charge on any atom is -0.481 e. The van der Waals surface area contributed by atoms with Crippen molar-refractivity contribution < 1.29 is 29.3 Å². The highest BCUT2D eigenvalue weighted by Gasteiger charge is 2.47. The fourth-order valence-corrected chi connectivity index (χ4v) is 6.62. The Bertz CT molecular complexity index is 1450. The third-order valence-electron chi connectivity index (χ3n) is 8.93. The average Bonchev–Trinajstić information content (AvgIpc) is 3.66. The lowest BCUT2D eigenvalue weighted by Crippen LogP contribution is -2.44. The molecule has 0 spiro atoms. The SMILES string of the molecule is CCCCN(C(=O)CN1C[C@H](c2ccc3c(c2)OCO3)[C@@H](C(=O)O)[C@@H]1CCCc1ccccc1CO)c1cccc(CN)c1. The number of hydrogen-bond acceptors (Lipinski definition) is 7. The maximum atomic E-state index is 14.0. The number of benzene rings is 3. The number of nitrogens with two attached hydrogens (primary N) is 1. The number of aliphatic carboxylic acids is 1. The van der Waals surface area contributed by atoms with E-state index in [-0.39, 0.29) is 37.8 Å². The van der Waals surface area contributed by atoms with Crippen LogP contribution in [-0.4, -0.2) is 59.5 Å². The van der Waals surface area contributed by atoms with Gasteiger partial charge < -0.3 is 30.3 Å². The summed E-state index contributed by atoms with van der Waals surface area (Å²) in [6.07, 6.45) is 3.83. The first-order chi connectivity index (χ1) is 21.4. The van der Waals surface area contributed by atoms with E-state index in [9.17, 15) is 19.8 Å². The molecule has 4 N–H and O–H groups in total. The van der Waals surface area contributed by atoms with Crippen LogP contribution >= 0.6 is 0 Å². The number of nitrogens with zero attached hydrogens (tertiary/aromatic N) is 2. The van der Waals surface area contributed by atoms with Crippen LogP contribution in [0.5, 0.6) is 11.5 Å². The lowest BCUT2D eigenvalue weighted by molar-refractivity contribution is -0.143. The first kappa shape index (κ1) is 31.5. The predicted molar refractivity (Wildman–Crippen MR) is 169 cm³/mol. The van der Waals surface area contributed by atoms with Crippen LogP contribution in [0.4, 0.5) is 5.69 Å². The zero-order chi connectivity index (χ0) is 31.1.